The summed E-state index contributed by atoms with van der Waals surface area (Å²) < 4.78 is 1.47. The molecule has 3 amide bonds. The lowest BCUT2D eigenvalue weighted by Gasteiger charge is -2.32. The van der Waals surface area contributed by atoms with Gasteiger partial charge in [-0.2, -0.15) is 5.10 Å². The molecule has 0 radical (unpaired) electrons. The fourth-order valence-electron chi connectivity index (χ4n) is 5.70. The number of nitrogens with two attached hydrogens (primary N) is 1. The minimum Gasteiger partial charge on any atom is -0.396 e. The molecule has 2 saturated carbocycles. The van der Waals surface area contributed by atoms with Crippen molar-refractivity contribution in [2.24, 2.45) is 11.1 Å². The van der Waals surface area contributed by atoms with Crippen LogP contribution in [0.15, 0.2) is 48.5 Å². The first-order valence-electron chi connectivity index (χ1n) is 12.1. The molecule has 1 saturated heterocycles. The lowest BCUT2D eigenvalue weighted by molar-refractivity contribution is -0.139. The summed E-state index contributed by atoms with van der Waals surface area (Å²) in [6.07, 6.45) is 2.81. The predicted molar refractivity (Wildman–Crippen MR) is 133 cm³/mol. The molecule has 2 heterocycles. The van der Waals surface area contributed by atoms with E-state index in [0.717, 1.165) is 12.8 Å². The number of anilines is 1. The number of aromatic nitrogens is 2. The molecule has 0 bridgehead atoms. The number of benzene rings is 2. The Kier molecular flexibility index (Phi) is 5.31. The molecular weight excluding hydrogens is 482 g/mol. The van der Waals surface area contributed by atoms with Gasteiger partial charge in [0, 0.05) is 22.9 Å². The fraction of sp³-hybridized carbons (Fsp3) is 0.385. The second kappa shape index (κ2) is 8.31. The van der Waals surface area contributed by atoms with Crippen LogP contribution in [-0.4, -0.2) is 62.2 Å². The minimum absolute atomic E-state index is 0.0459. The first kappa shape index (κ1) is 23.0. The van der Waals surface area contributed by atoms with Crippen molar-refractivity contribution < 1.29 is 19.5 Å². The number of halogens is 1. The summed E-state index contributed by atoms with van der Waals surface area (Å²) in [5, 5.41) is 15.5. The highest BCUT2D eigenvalue weighted by Crippen LogP contribution is 2.59. The largest absolute Gasteiger partial charge is 0.396 e. The Bertz CT molecular complexity index is 1400. The fourth-order valence-corrected chi connectivity index (χ4v) is 5.93. The molecule has 3 aromatic rings. The molecule has 0 spiro atoms. The highest BCUT2D eigenvalue weighted by Gasteiger charge is 2.67. The van der Waals surface area contributed by atoms with Crippen LogP contribution in [0.25, 0.3) is 10.9 Å². The zero-order chi connectivity index (χ0) is 25.2. The summed E-state index contributed by atoms with van der Waals surface area (Å²) >= 11 is 6.46. The third-order valence-electron chi connectivity index (χ3n) is 7.74. The van der Waals surface area contributed by atoms with Gasteiger partial charge in [-0.3, -0.25) is 19.1 Å². The molecule has 10 heteroatoms. The first-order chi connectivity index (χ1) is 17.3. The molecule has 2 aliphatic carbocycles. The Balaban J connectivity index is 1.33. The van der Waals surface area contributed by atoms with Gasteiger partial charge in [0.25, 0.3) is 5.91 Å². The maximum Gasteiger partial charge on any atom is 0.269 e. The minimum atomic E-state index is -0.710. The molecule has 2 aromatic carbocycles. The molecule has 9 nitrogen and oxygen atoms in total. The highest BCUT2D eigenvalue weighted by molar-refractivity contribution is 6.34. The molecule has 1 aromatic heterocycles. The number of carbonyl (C=O) groups is 3. The number of aliphatic hydroxyl groups excluding tert-OH is 1. The van der Waals surface area contributed by atoms with Crippen LogP contribution < -0.4 is 10.6 Å². The summed E-state index contributed by atoms with van der Waals surface area (Å²) in [6.45, 7) is -0.234. The zero-order valence-corrected chi connectivity index (χ0v) is 20.3. The van der Waals surface area contributed by atoms with Gasteiger partial charge in [0.2, 0.25) is 11.8 Å². The summed E-state index contributed by atoms with van der Waals surface area (Å²) in [5.74, 6) is -1.14. The number of hydrogen-bond acceptors (Lipinski definition) is 5. The van der Waals surface area contributed by atoms with Crippen LogP contribution in [0.1, 0.15) is 36.2 Å². The van der Waals surface area contributed by atoms with Crippen LogP contribution in [0.5, 0.6) is 0 Å². The van der Waals surface area contributed by atoms with Gasteiger partial charge in [-0.15, -0.1) is 0 Å². The van der Waals surface area contributed by atoms with Crippen molar-refractivity contribution in [1.29, 1.82) is 0 Å². The molecule has 6 rings (SSSR count). The molecule has 3 N–H and O–H groups in total. The first-order valence-corrected chi connectivity index (χ1v) is 12.5. The van der Waals surface area contributed by atoms with Crippen molar-refractivity contribution in [2.45, 2.75) is 50.4 Å². The van der Waals surface area contributed by atoms with Gasteiger partial charge in [0.15, 0.2) is 5.69 Å². The van der Waals surface area contributed by atoms with E-state index in [4.69, 9.17) is 17.3 Å². The number of fused-ring (bicyclic) bond motifs is 2. The summed E-state index contributed by atoms with van der Waals surface area (Å²) in [7, 11) is 0. The topological polar surface area (TPSA) is 122 Å². The van der Waals surface area contributed by atoms with E-state index >= 15 is 0 Å². The Hall–Kier alpha value is -3.43. The number of likely N-dealkylation sites (tertiary alicyclic amines) is 1. The molecular formula is C26H26ClN5O4. The standard InChI is InChI=1S/C26H26ClN5O4/c27-17-6-2-4-8-19(17)31(15-9-10-15)25(36)20-11-26(14-33)12-21(26)32(20)22(34)13-30-18-7-3-1-5-16(18)23(29-30)24(28)35/h1-8,15,20-21,33H,9-14H2,(H2,28,35)/t20-,21+,26-/m0/s1. The zero-order valence-electron chi connectivity index (χ0n) is 19.5. The molecule has 3 fully saturated rings. The maximum absolute atomic E-state index is 14.0. The number of para-hydroxylation sites is 2. The smallest absolute Gasteiger partial charge is 0.269 e. The SMILES string of the molecule is NC(=O)c1nn(CC(=O)N2[C@H](C(=O)N(c3ccccc3Cl)C3CC3)C[C@@]3(CO)C[C@@H]23)c2ccccc12. The lowest BCUT2D eigenvalue weighted by atomic mass is 9.99. The molecule has 186 valence electrons. The van der Waals surface area contributed by atoms with Gasteiger partial charge in [-0.25, -0.2) is 0 Å². The van der Waals surface area contributed by atoms with E-state index in [1.807, 2.05) is 18.2 Å². The van der Waals surface area contributed by atoms with E-state index in [1.54, 1.807) is 40.1 Å². The van der Waals surface area contributed by atoms with E-state index < -0.39 is 17.4 Å². The molecule has 3 atom stereocenters. The molecule has 3 aliphatic rings. The van der Waals surface area contributed by atoms with E-state index in [9.17, 15) is 19.5 Å². The Morgan fingerprint density at radius 2 is 1.83 bits per heavy atom. The highest BCUT2D eigenvalue weighted by atomic mass is 35.5. The molecule has 0 unspecified atom stereocenters. The van der Waals surface area contributed by atoms with Gasteiger partial charge < -0.3 is 20.6 Å². The van der Waals surface area contributed by atoms with Crippen molar-refractivity contribution in [2.75, 3.05) is 11.5 Å². The number of piperidine rings is 1. The van der Waals surface area contributed by atoms with Crippen LogP contribution in [0, 0.1) is 5.41 Å². The van der Waals surface area contributed by atoms with E-state index in [1.165, 1.54) is 4.68 Å². The Labute approximate surface area is 212 Å². The average molecular weight is 508 g/mol. The van der Waals surface area contributed by atoms with Crippen molar-refractivity contribution in [3.8, 4) is 0 Å². The van der Waals surface area contributed by atoms with E-state index in [0.29, 0.717) is 34.5 Å². The lowest BCUT2D eigenvalue weighted by Crippen LogP contribution is -2.51. The molecule has 36 heavy (non-hydrogen) atoms. The Morgan fingerprint density at radius 1 is 1.11 bits per heavy atom. The monoisotopic (exact) mass is 507 g/mol. The second-order valence-electron chi connectivity index (χ2n) is 10.0. The number of carbonyl (C=O) groups excluding carboxylic acids is 3. The number of rotatable bonds is 7. The van der Waals surface area contributed by atoms with Gasteiger partial charge in [-0.05, 0) is 43.9 Å². The number of hydrogen-bond donors (Lipinski definition) is 2. The van der Waals surface area contributed by atoms with Gasteiger partial charge >= 0.3 is 0 Å². The van der Waals surface area contributed by atoms with Crippen molar-refractivity contribution in [3.63, 3.8) is 0 Å². The van der Waals surface area contributed by atoms with Crippen molar-refractivity contribution in [1.82, 2.24) is 14.7 Å². The normalized spacial score (nSPS) is 24.6. The summed E-state index contributed by atoms with van der Waals surface area (Å²) in [5.41, 5.74) is 6.40. The third kappa shape index (κ3) is 3.57. The average Bonchev–Trinajstić information content (AvgIpc) is 3.78. The van der Waals surface area contributed by atoms with Crippen molar-refractivity contribution >= 4 is 45.9 Å². The second-order valence-corrected chi connectivity index (χ2v) is 10.4. The number of aliphatic hydroxyl groups is 1. The maximum atomic E-state index is 14.0. The van der Waals surface area contributed by atoms with Crippen LogP contribution >= 0.6 is 11.6 Å². The van der Waals surface area contributed by atoms with Crippen molar-refractivity contribution in [3.05, 3.63) is 59.2 Å². The number of amides is 3. The van der Waals surface area contributed by atoms with E-state index in [2.05, 4.69) is 5.10 Å². The summed E-state index contributed by atoms with van der Waals surface area (Å²) in [4.78, 5) is 43.0. The third-order valence-corrected chi connectivity index (χ3v) is 8.06. The predicted octanol–water partition coefficient (Wildman–Crippen LogP) is 2.34. The Morgan fingerprint density at radius 3 is 2.53 bits per heavy atom. The van der Waals surface area contributed by atoms with Crippen LogP contribution in [0.2, 0.25) is 5.02 Å². The van der Waals surface area contributed by atoms with Gasteiger partial charge in [0.05, 0.1) is 22.8 Å². The van der Waals surface area contributed by atoms with Crippen LogP contribution in [0.4, 0.5) is 5.69 Å². The molecule has 1 aliphatic heterocycles. The number of primary amides is 1. The number of nitrogens with zero attached hydrogens (tertiary/aromatic N) is 4. The van der Waals surface area contributed by atoms with Crippen LogP contribution in [0.3, 0.4) is 0 Å². The van der Waals surface area contributed by atoms with Crippen LogP contribution in [-0.2, 0) is 16.1 Å². The van der Waals surface area contributed by atoms with Gasteiger partial charge in [0.1, 0.15) is 12.6 Å². The summed E-state index contributed by atoms with van der Waals surface area (Å²) in [6, 6.07) is 13.4. The van der Waals surface area contributed by atoms with Gasteiger partial charge in [-0.1, -0.05) is 41.9 Å². The van der Waals surface area contributed by atoms with E-state index in [-0.39, 0.29) is 42.7 Å². The quantitative estimate of drug-likeness (QED) is 0.508.